The lowest BCUT2D eigenvalue weighted by molar-refractivity contribution is 0.357. The van der Waals surface area contributed by atoms with Crippen molar-refractivity contribution in [1.29, 1.82) is 0 Å². The van der Waals surface area contributed by atoms with Crippen LogP contribution in [0.2, 0.25) is 0 Å². The van der Waals surface area contributed by atoms with Crippen molar-refractivity contribution in [2.45, 2.75) is 6.42 Å². The first kappa shape index (κ1) is 10.2. The number of hydrogen-bond donors (Lipinski definition) is 0. The Labute approximate surface area is 101 Å². The smallest absolute Gasteiger partial charge is 0.123 e. The minimum atomic E-state index is 0.811. The molecule has 0 N–H and O–H groups in total. The first-order valence-electron chi connectivity index (χ1n) is 5.91. The van der Waals surface area contributed by atoms with Gasteiger partial charge in [-0.3, -0.25) is 0 Å². The fourth-order valence-corrected chi connectivity index (χ4v) is 2.15. The first-order valence-corrected chi connectivity index (χ1v) is 5.91. The van der Waals surface area contributed by atoms with Gasteiger partial charge in [0.05, 0.1) is 6.61 Å². The van der Waals surface area contributed by atoms with Crippen molar-refractivity contribution in [3.8, 4) is 5.75 Å². The van der Waals surface area contributed by atoms with Gasteiger partial charge in [0.25, 0.3) is 0 Å². The van der Waals surface area contributed by atoms with Gasteiger partial charge in [-0.15, -0.1) is 0 Å². The van der Waals surface area contributed by atoms with Gasteiger partial charge in [0.2, 0.25) is 0 Å². The summed E-state index contributed by atoms with van der Waals surface area (Å²) in [5.41, 5.74) is 3.83. The van der Waals surface area contributed by atoms with Crippen LogP contribution in [0.5, 0.6) is 5.75 Å². The molecule has 84 valence electrons. The first-order chi connectivity index (χ1) is 8.43. The fraction of sp³-hybridized carbons (Fsp3) is 0.125. The molecular formula is C16H14O. The summed E-state index contributed by atoms with van der Waals surface area (Å²) in [5.74, 6) is 1.04. The van der Waals surface area contributed by atoms with Gasteiger partial charge in [0, 0.05) is 12.0 Å². The molecule has 0 radical (unpaired) electrons. The molecule has 1 aliphatic rings. The van der Waals surface area contributed by atoms with Gasteiger partial charge in [-0.25, -0.2) is 0 Å². The Kier molecular flexibility index (Phi) is 2.66. The molecule has 1 heteroatoms. The van der Waals surface area contributed by atoms with Crippen LogP contribution in [-0.2, 0) is 6.42 Å². The number of fused-ring (bicyclic) bond motifs is 1. The molecule has 3 rings (SSSR count). The van der Waals surface area contributed by atoms with Crippen LogP contribution < -0.4 is 4.74 Å². The van der Waals surface area contributed by atoms with Gasteiger partial charge in [-0.1, -0.05) is 54.6 Å². The second-order valence-corrected chi connectivity index (χ2v) is 4.17. The monoisotopic (exact) mass is 222 g/mol. The largest absolute Gasteiger partial charge is 0.493 e. The van der Waals surface area contributed by atoms with Crippen LogP contribution in [0.4, 0.5) is 0 Å². The van der Waals surface area contributed by atoms with E-state index in [2.05, 4.69) is 48.6 Å². The maximum Gasteiger partial charge on any atom is 0.123 e. The summed E-state index contributed by atoms with van der Waals surface area (Å²) in [6.45, 7) is 0.811. The molecule has 0 unspecified atom stereocenters. The molecule has 0 aromatic heterocycles. The van der Waals surface area contributed by atoms with E-state index in [-0.39, 0.29) is 0 Å². The zero-order valence-electron chi connectivity index (χ0n) is 9.60. The van der Waals surface area contributed by atoms with Crippen LogP contribution in [0.25, 0.3) is 12.2 Å². The molecule has 1 heterocycles. The molecule has 0 atom stereocenters. The highest BCUT2D eigenvalue weighted by molar-refractivity contribution is 5.72. The van der Waals surface area contributed by atoms with E-state index in [1.165, 1.54) is 16.7 Å². The number of ether oxygens (including phenoxy) is 1. The molecule has 17 heavy (non-hydrogen) atoms. The molecule has 0 saturated carbocycles. The van der Waals surface area contributed by atoms with E-state index >= 15 is 0 Å². The standard InChI is InChI=1S/C16H14O/c1-2-5-13(6-3-1)9-10-14-7-4-8-16-15(14)11-12-17-16/h1-10H,11-12H2. The molecule has 0 amide bonds. The molecule has 1 aliphatic heterocycles. The summed E-state index contributed by atoms with van der Waals surface area (Å²) in [7, 11) is 0. The van der Waals surface area contributed by atoms with Crippen LogP contribution in [0.1, 0.15) is 16.7 Å². The summed E-state index contributed by atoms with van der Waals surface area (Å²) >= 11 is 0. The van der Waals surface area contributed by atoms with Crippen molar-refractivity contribution in [2.75, 3.05) is 6.61 Å². The van der Waals surface area contributed by atoms with Crippen molar-refractivity contribution < 1.29 is 4.74 Å². The molecule has 0 saturated heterocycles. The highest BCUT2D eigenvalue weighted by Gasteiger charge is 2.13. The van der Waals surface area contributed by atoms with Crippen molar-refractivity contribution in [2.24, 2.45) is 0 Å². The molecule has 0 bridgehead atoms. The lowest BCUT2D eigenvalue weighted by Gasteiger charge is -2.01. The van der Waals surface area contributed by atoms with Gasteiger partial charge in [-0.05, 0) is 17.2 Å². The second-order valence-electron chi connectivity index (χ2n) is 4.17. The molecule has 2 aromatic rings. The quantitative estimate of drug-likeness (QED) is 0.702. The summed E-state index contributed by atoms with van der Waals surface area (Å²) in [5, 5.41) is 0. The highest BCUT2D eigenvalue weighted by atomic mass is 16.5. The van der Waals surface area contributed by atoms with Crippen LogP contribution >= 0.6 is 0 Å². The van der Waals surface area contributed by atoms with Gasteiger partial charge in [0.1, 0.15) is 5.75 Å². The van der Waals surface area contributed by atoms with Gasteiger partial charge in [0.15, 0.2) is 0 Å². The zero-order chi connectivity index (χ0) is 11.5. The minimum Gasteiger partial charge on any atom is -0.493 e. The Morgan fingerprint density at radius 1 is 0.882 bits per heavy atom. The molecule has 0 aliphatic carbocycles. The maximum atomic E-state index is 5.56. The maximum absolute atomic E-state index is 5.56. The highest BCUT2D eigenvalue weighted by Crippen LogP contribution is 2.29. The van der Waals surface area contributed by atoms with Crippen LogP contribution in [0, 0.1) is 0 Å². The number of hydrogen-bond acceptors (Lipinski definition) is 1. The van der Waals surface area contributed by atoms with Crippen molar-refractivity contribution in [3.05, 3.63) is 65.2 Å². The van der Waals surface area contributed by atoms with E-state index < -0.39 is 0 Å². The second kappa shape index (κ2) is 4.46. The average molecular weight is 222 g/mol. The molecule has 1 nitrogen and oxygen atoms in total. The van der Waals surface area contributed by atoms with E-state index in [9.17, 15) is 0 Å². The van der Waals surface area contributed by atoms with Crippen LogP contribution in [-0.4, -0.2) is 6.61 Å². The van der Waals surface area contributed by atoms with Crippen molar-refractivity contribution >= 4 is 12.2 Å². The number of rotatable bonds is 2. The summed E-state index contributed by atoms with van der Waals surface area (Å²) < 4.78 is 5.56. The Balaban J connectivity index is 1.91. The lowest BCUT2D eigenvalue weighted by Crippen LogP contribution is -1.86. The number of benzene rings is 2. The lowest BCUT2D eigenvalue weighted by atomic mass is 10.0. The summed E-state index contributed by atoms with van der Waals surface area (Å²) in [4.78, 5) is 0. The Bertz CT molecular complexity index is 541. The third kappa shape index (κ3) is 2.09. The third-order valence-electron chi connectivity index (χ3n) is 3.03. The summed E-state index contributed by atoms with van der Waals surface area (Å²) in [6.07, 6.45) is 5.33. The van der Waals surface area contributed by atoms with Crippen LogP contribution in [0.3, 0.4) is 0 Å². The van der Waals surface area contributed by atoms with Crippen LogP contribution in [0.15, 0.2) is 48.5 Å². The zero-order valence-corrected chi connectivity index (χ0v) is 9.60. The normalized spacial score (nSPS) is 13.6. The van der Waals surface area contributed by atoms with Gasteiger partial charge < -0.3 is 4.74 Å². The van der Waals surface area contributed by atoms with Gasteiger partial charge in [-0.2, -0.15) is 0 Å². The van der Waals surface area contributed by atoms with Crippen molar-refractivity contribution in [3.63, 3.8) is 0 Å². The third-order valence-corrected chi connectivity index (χ3v) is 3.03. The average Bonchev–Trinajstić information content (AvgIpc) is 2.86. The van der Waals surface area contributed by atoms with Crippen molar-refractivity contribution in [1.82, 2.24) is 0 Å². The fourth-order valence-electron chi connectivity index (χ4n) is 2.15. The SMILES string of the molecule is C(=Cc1cccc2c1CCO2)c1ccccc1. The molecule has 2 aromatic carbocycles. The van der Waals surface area contributed by atoms with E-state index in [0.29, 0.717) is 0 Å². The van der Waals surface area contributed by atoms with E-state index in [4.69, 9.17) is 4.74 Å². The Morgan fingerprint density at radius 2 is 1.76 bits per heavy atom. The molecule has 0 spiro atoms. The predicted molar refractivity (Wildman–Crippen MR) is 71.0 cm³/mol. The Hall–Kier alpha value is -2.02. The predicted octanol–water partition coefficient (Wildman–Crippen LogP) is 3.79. The Morgan fingerprint density at radius 3 is 2.65 bits per heavy atom. The molecule has 0 fully saturated rings. The summed E-state index contributed by atoms with van der Waals surface area (Å²) in [6, 6.07) is 16.6. The van der Waals surface area contributed by atoms with E-state index in [1.807, 2.05) is 12.1 Å². The van der Waals surface area contributed by atoms with E-state index in [0.717, 1.165) is 18.8 Å². The minimum absolute atomic E-state index is 0.811. The molecular weight excluding hydrogens is 208 g/mol. The van der Waals surface area contributed by atoms with Gasteiger partial charge >= 0.3 is 0 Å². The topological polar surface area (TPSA) is 9.23 Å². The van der Waals surface area contributed by atoms with E-state index in [1.54, 1.807) is 0 Å².